The second kappa shape index (κ2) is 8.56. The standard InChI is InChI=1S/C23H25ClN2O3/c24-18-5-1-4-16(14-18)21(27)25-19-9-7-17(8-10-19)23(11-3-12-23)22(28)26-20-6-2-13-29-15-20/h1,4-5,7-10,14,20H,2-3,6,11-13,15H2,(H,25,27)(H,26,28)/t20-/m0/s1. The second-order valence-corrected chi connectivity index (χ2v) is 8.30. The Balaban J connectivity index is 1.44. The molecule has 0 radical (unpaired) electrons. The highest BCUT2D eigenvalue weighted by atomic mass is 35.5. The summed E-state index contributed by atoms with van der Waals surface area (Å²) in [6.07, 6.45) is 4.69. The third kappa shape index (κ3) is 4.31. The lowest BCUT2D eigenvalue weighted by Gasteiger charge is -2.42. The van der Waals surface area contributed by atoms with Gasteiger partial charge in [-0.2, -0.15) is 0 Å². The van der Waals surface area contributed by atoms with Crippen LogP contribution in [0.15, 0.2) is 48.5 Å². The van der Waals surface area contributed by atoms with Crippen molar-refractivity contribution in [2.24, 2.45) is 0 Å². The molecule has 1 aliphatic carbocycles. The molecule has 1 heterocycles. The fourth-order valence-corrected chi connectivity index (χ4v) is 4.25. The van der Waals surface area contributed by atoms with Crippen molar-refractivity contribution >= 4 is 29.1 Å². The fraction of sp³-hybridized carbons (Fsp3) is 0.391. The van der Waals surface area contributed by atoms with E-state index in [2.05, 4.69) is 10.6 Å². The summed E-state index contributed by atoms with van der Waals surface area (Å²) in [5, 5.41) is 6.59. The number of anilines is 1. The lowest BCUT2D eigenvalue weighted by Crippen LogP contribution is -2.53. The maximum absolute atomic E-state index is 13.0. The van der Waals surface area contributed by atoms with E-state index in [0.29, 0.717) is 22.9 Å². The van der Waals surface area contributed by atoms with Gasteiger partial charge in [-0.3, -0.25) is 9.59 Å². The van der Waals surface area contributed by atoms with Crippen LogP contribution in [0, 0.1) is 0 Å². The molecule has 4 rings (SSSR count). The Bertz CT molecular complexity index is 887. The molecule has 1 aliphatic heterocycles. The average molecular weight is 413 g/mol. The quantitative estimate of drug-likeness (QED) is 0.768. The first-order chi connectivity index (χ1) is 14.1. The average Bonchev–Trinajstić information content (AvgIpc) is 2.69. The molecule has 1 saturated heterocycles. The molecule has 2 aromatic carbocycles. The molecule has 2 fully saturated rings. The minimum Gasteiger partial charge on any atom is -0.379 e. The van der Waals surface area contributed by atoms with E-state index >= 15 is 0 Å². The van der Waals surface area contributed by atoms with Gasteiger partial charge in [-0.15, -0.1) is 0 Å². The number of amides is 2. The Morgan fingerprint density at radius 1 is 1.07 bits per heavy atom. The molecule has 29 heavy (non-hydrogen) atoms. The van der Waals surface area contributed by atoms with Crippen molar-refractivity contribution in [3.63, 3.8) is 0 Å². The predicted octanol–water partition coefficient (Wildman–Crippen LogP) is 4.31. The maximum atomic E-state index is 13.0. The highest BCUT2D eigenvalue weighted by molar-refractivity contribution is 6.31. The zero-order valence-corrected chi connectivity index (χ0v) is 17.0. The van der Waals surface area contributed by atoms with Crippen molar-refractivity contribution in [1.29, 1.82) is 0 Å². The summed E-state index contributed by atoms with van der Waals surface area (Å²) < 4.78 is 5.49. The van der Waals surface area contributed by atoms with Crippen LogP contribution in [0.25, 0.3) is 0 Å². The zero-order valence-electron chi connectivity index (χ0n) is 16.2. The van der Waals surface area contributed by atoms with E-state index in [-0.39, 0.29) is 17.9 Å². The van der Waals surface area contributed by atoms with Crippen LogP contribution >= 0.6 is 11.6 Å². The van der Waals surface area contributed by atoms with Crippen molar-refractivity contribution in [2.45, 2.75) is 43.6 Å². The Hall–Kier alpha value is -2.37. The van der Waals surface area contributed by atoms with Crippen LogP contribution in [0.1, 0.15) is 48.0 Å². The van der Waals surface area contributed by atoms with Gasteiger partial charge in [0.25, 0.3) is 5.91 Å². The van der Waals surface area contributed by atoms with Gasteiger partial charge in [-0.05, 0) is 61.6 Å². The Morgan fingerprint density at radius 3 is 2.48 bits per heavy atom. The molecule has 0 bridgehead atoms. The van der Waals surface area contributed by atoms with Crippen LogP contribution < -0.4 is 10.6 Å². The van der Waals surface area contributed by atoms with Crippen molar-refractivity contribution in [3.05, 3.63) is 64.7 Å². The molecule has 2 N–H and O–H groups in total. The molecule has 5 nitrogen and oxygen atoms in total. The van der Waals surface area contributed by atoms with E-state index in [4.69, 9.17) is 16.3 Å². The molecule has 0 spiro atoms. The minimum absolute atomic E-state index is 0.0926. The van der Waals surface area contributed by atoms with Gasteiger partial charge in [0, 0.05) is 22.9 Å². The summed E-state index contributed by atoms with van der Waals surface area (Å²) in [7, 11) is 0. The Labute approximate surface area is 175 Å². The van der Waals surface area contributed by atoms with Gasteiger partial charge < -0.3 is 15.4 Å². The molecular weight excluding hydrogens is 388 g/mol. The van der Waals surface area contributed by atoms with Crippen LogP contribution in [0.5, 0.6) is 0 Å². The SMILES string of the molecule is O=C(Nc1ccc(C2(C(=O)N[C@H]3CCCOC3)CCC2)cc1)c1cccc(Cl)c1. The highest BCUT2D eigenvalue weighted by Crippen LogP contribution is 2.44. The molecule has 1 atom stereocenters. The van der Waals surface area contributed by atoms with E-state index in [1.54, 1.807) is 24.3 Å². The van der Waals surface area contributed by atoms with Gasteiger partial charge in [0.1, 0.15) is 0 Å². The molecule has 2 aromatic rings. The van der Waals surface area contributed by atoms with Crippen LogP contribution in [0.2, 0.25) is 5.02 Å². The van der Waals surface area contributed by atoms with Crippen molar-refractivity contribution in [2.75, 3.05) is 18.5 Å². The van der Waals surface area contributed by atoms with Crippen molar-refractivity contribution in [3.8, 4) is 0 Å². The summed E-state index contributed by atoms with van der Waals surface area (Å²) in [6, 6.07) is 14.5. The highest BCUT2D eigenvalue weighted by Gasteiger charge is 2.46. The molecule has 2 amide bonds. The minimum atomic E-state index is -0.465. The first kappa shape index (κ1) is 19.9. The van der Waals surface area contributed by atoms with Gasteiger partial charge in [-0.25, -0.2) is 0 Å². The molecule has 0 unspecified atom stereocenters. The first-order valence-corrected chi connectivity index (χ1v) is 10.5. The Kier molecular flexibility index (Phi) is 5.88. The second-order valence-electron chi connectivity index (χ2n) is 7.87. The van der Waals surface area contributed by atoms with E-state index in [9.17, 15) is 9.59 Å². The Morgan fingerprint density at radius 2 is 1.86 bits per heavy atom. The number of halogens is 1. The van der Waals surface area contributed by atoms with Crippen LogP contribution in [-0.2, 0) is 14.9 Å². The number of carbonyl (C=O) groups is 2. The van der Waals surface area contributed by atoms with Gasteiger partial charge >= 0.3 is 0 Å². The number of carbonyl (C=O) groups excluding carboxylic acids is 2. The number of ether oxygens (including phenoxy) is 1. The maximum Gasteiger partial charge on any atom is 0.255 e. The fourth-order valence-electron chi connectivity index (χ4n) is 4.06. The molecule has 152 valence electrons. The largest absolute Gasteiger partial charge is 0.379 e. The number of hydrogen-bond acceptors (Lipinski definition) is 3. The summed E-state index contributed by atoms with van der Waals surface area (Å²) in [6.45, 7) is 1.37. The van der Waals surface area contributed by atoms with E-state index in [1.807, 2.05) is 24.3 Å². The smallest absolute Gasteiger partial charge is 0.255 e. The van der Waals surface area contributed by atoms with Crippen LogP contribution in [-0.4, -0.2) is 31.1 Å². The summed E-state index contributed by atoms with van der Waals surface area (Å²) in [4.78, 5) is 25.4. The number of benzene rings is 2. The predicted molar refractivity (Wildman–Crippen MR) is 113 cm³/mol. The summed E-state index contributed by atoms with van der Waals surface area (Å²) in [5.41, 5.74) is 1.73. The van der Waals surface area contributed by atoms with Gasteiger partial charge in [-0.1, -0.05) is 36.2 Å². The number of nitrogens with one attached hydrogen (secondary N) is 2. The van der Waals surface area contributed by atoms with E-state index < -0.39 is 5.41 Å². The first-order valence-electron chi connectivity index (χ1n) is 10.1. The van der Waals surface area contributed by atoms with Crippen LogP contribution in [0.3, 0.4) is 0 Å². The van der Waals surface area contributed by atoms with Crippen molar-refractivity contribution < 1.29 is 14.3 Å². The molecule has 6 heteroatoms. The monoisotopic (exact) mass is 412 g/mol. The van der Waals surface area contributed by atoms with E-state index in [1.165, 1.54) is 0 Å². The lowest BCUT2D eigenvalue weighted by molar-refractivity contribution is -0.131. The summed E-state index contributed by atoms with van der Waals surface area (Å²) >= 11 is 5.96. The third-order valence-corrected chi connectivity index (χ3v) is 6.15. The molecule has 0 aromatic heterocycles. The third-order valence-electron chi connectivity index (χ3n) is 5.92. The normalized spacial score (nSPS) is 20.4. The lowest BCUT2D eigenvalue weighted by atomic mass is 9.63. The molecular formula is C23H25ClN2O3. The van der Waals surface area contributed by atoms with E-state index in [0.717, 1.165) is 44.3 Å². The number of rotatable bonds is 5. The zero-order chi connectivity index (χ0) is 20.3. The molecule has 2 aliphatic rings. The topological polar surface area (TPSA) is 67.4 Å². The molecule has 1 saturated carbocycles. The van der Waals surface area contributed by atoms with Gasteiger partial charge in [0.2, 0.25) is 5.91 Å². The number of hydrogen-bond donors (Lipinski definition) is 2. The van der Waals surface area contributed by atoms with Crippen molar-refractivity contribution in [1.82, 2.24) is 5.32 Å². The van der Waals surface area contributed by atoms with Gasteiger partial charge in [0.05, 0.1) is 18.1 Å². The van der Waals surface area contributed by atoms with Crippen LogP contribution in [0.4, 0.5) is 5.69 Å². The summed E-state index contributed by atoms with van der Waals surface area (Å²) in [5.74, 6) is -0.122. The van der Waals surface area contributed by atoms with Gasteiger partial charge in [0.15, 0.2) is 0 Å².